The van der Waals surface area contributed by atoms with Gasteiger partial charge in [0.25, 0.3) is 0 Å². The summed E-state index contributed by atoms with van der Waals surface area (Å²) in [7, 11) is 0. The van der Waals surface area contributed by atoms with E-state index in [9.17, 15) is 9.59 Å². The molecule has 1 saturated heterocycles. The second kappa shape index (κ2) is 4.91. The van der Waals surface area contributed by atoms with Gasteiger partial charge in [-0.3, -0.25) is 4.79 Å². The fourth-order valence-electron chi connectivity index (χ4n) is 2.43. The van der Waals surface area contributed by atoms with Gasteiger partial charge in [-0.2, -0.15) is 0 Å². The number of carbonyl (C=O) groups is 2. The Morgan fingerprint density at radius 1 is 1.26 bits per heavy atom. The molecule has 1 aliphatic heterocycles. The number of nitrogens with one attached hydrogen (secondary N) is 3. The topological polar surface area (TPSA) is 70.2 Å². The number of benzene rings is 1. The molecule has 3 amide bonds. The molecule has 1 aliphatic carbocycles. The van der Waals surface area contributed by atoms with Crippen LogP contribution in [0.1, 0.15) is 24.4 Å². The number of rotatable bonds is 4. The molecule has 1 aromatic rings. The summed E-state index contributed by atoms with van der Waals surface area (Å²) in [4.78, 5) is 23.2. The minimum absolute atomic E-state index is 0.0613. The van der Waals surface area contributed by atoms with E-state index in [-0.39, 0.29) is 18.0 Å². The molecule has 2 atom stereocenters. The van der Waals surface area contributed by atoms with E-state index >= 15 is 0 Å². The van der Waals surface area contributed by atoms with E-state index in [1.807, 2.05) is 30.3 Å². The summed E-state index contributed by atoms with van der Waals surface area (Å²) < 4.78 is 0. The molecule has 0 unspecified atom stereocenters. The predicted molar refractivity (Wildman–Crippen MR) is 70.4 cm³/mol. The fourth-order valence-corrected chi connectivity index (χ4v) is 2.43. The van der Waals surface area contributed by atoms with Crippen LogP contribution in [0.15, 0.2) is 30.3 Å². The summed E-state index contributed by atoms with van der Waals surface area (Å²) in [5, 5.41) is 8.27. The molecule has 0 aromatic heterocycles. The molecule has 0 radical (unpaired) electrons. The van der Waals surface area contributed by atoms with Gasteiger partial charge in [0.2, 0.25) is 5.91 Å². The van der Waals surface area contributed by atoms with Crippen LogP contribution in [0.25, 0.3) is 0 Å². The van der Waals surface area contributed by atoms with Crippen LogP contribution in [0.3, 0.4) is 0 Å². The van der Waals surface area contributed by atoms with E-state index in [2.05, 4.69) is 16.0 Å². The van der Waals surface area contributed by atoms with E-state index in [1.165, 1.54) is 0 Å². The molecule has 2 aliphatic rings. The molecule has 1 saturated carbocycles. The lowest BCUT2D eigenvalue weighted by Crippen LogP contribution is -2.44. The summed E-state index contributed by atoms with van der Waals surface area (Å²) >= 11 is 0. The number of urea groups is 1. The molecule has 100 valence electrons. The predicted octanol–water partition coefficient (Wildman–Crippen LogP) is 0.935. The molecular formula is C14H17N3O2. The molecule has 1 heterocycles. The number of amides is 3. The highest BCUT2D eigenvalue weighted by Crippen LogP contribution is 2.40. The van der Waals surface area contributed by atoms with Crippen molar-refractivity contribution in [3.8, 4) is 0 Å². The zero-order valence-corrected chi connectivity index (χ0v) is 10.6. The van der Waals surface area contributed by atoms with Crippen LogP contribution in [0.5, 0.6) is 0 Å². The van der Waals surface area contributed by atoms with Crippen molar-refractivity contribution < 1.29 is 9.59 Å². The standard InChI is InChI=1S/C14H17N3O2/c18-13(11-8-15-14(19)16-11)17-12(10-6-7-10)9-4-2-1-3-5-9/h1-5,10-12H,6-8H2,(H,17,18)(H2,15,16,19)/t11-,12+/m1/s1. The van der Waals surface area contributed by atoms with Crippen molar-refractivity contribution in [3.05, 3.63) is 35.9 Å². The molecule has 3 rings (SSSR count). The van der Waals surface area contributed by atoms with Crippen molar-refractivity contribution in [2.24, 2.45) is 5.92 Å². The average Bonchev–Trinajstić information content (AvgIpc) is 3.18. The van der Waals surface area contributed by atoms with Crippen LogP contribution >= 0.6 is 0 Å². The van der Waals surface area contributed by atoms with Crippen LogP contribution < -0.4 is 16.0 Å². The van der Waals surface area contributed by atoms with Crippen LogP contribution in [0.2, 0.25) is 0 Å². The normalized spacial score (nSPS) is 23.4. The van der Waals surface area contributed by atoms with Gasteiger partial charge in [0.1, 0.15) is 6.04 Å². The fraction of sp³-hybridized carbons (Fsp3) is 0.429. The third-order valence-corrected chi connectivity index (χ3v) is 3.64. The van der Waals surface area contributed by atoms with Gasteiger partial charge >= 0.3 is 6.03 Å². The Labute approximate surface area is 111 Å². The highest BCUT2D eigenvalue weighted by molar-refractivity contribution is 5.90. The minimum Gasteiger partial charge on any atom is -0.347 e. The quantitative estimate of drug-likeness (QED) is 0.753. The van der Waals surface area contributed by atoms with Crippen LogP contribution in [0, 0.1) is 5.92 Å². The summed E-state index contributed by atoms with van der Waals surface area (Å²) in [6, 6.07) is 9.33. The molecule has 5 nitrogen and oxygen atoms in total. The third kappa shape index (κ3) is 2.70. The van der Waals surface area contributed by atoms with Crippen molar-refractivity contribution in [3.63, 3.8) is 0 Å². The molecule has 2 fully saturated rings. The average molecular weight is 259 g/mol. The summed E-state index contributed by atoms with van der Waals surface area (Å²) in [6.07, 6.45) is 2.30. The Morgan fingerprint density at radius 2 is 2.00 bits per heavy atom. The number of hydrogen-bond acceptors (Lipinski definition) is 2. The number of carbonyl (C=O) groups excluding carboxylic acids is 2. The lowest BCUT2D eigenvalue weighted by Gasteiger charge is -2.20. The first-order valence-electron chi connectivity index (χ1n) is 6.64. The van der Waals surface area contributed by atoms with Gasteiger partial charge in [-0.1, -0.05) is 30.3 Å². The molecule has 19 heavy (non-hydrogen) atoms. The van der Waals surface area contributed by atoms with Crippen molar-refractivity contribution in [1.29, 1.82) is 0 Å². The molecule has 0 spiro atoms. The van der Waals surface area contributed by atoms with E-state index in [4.69, 9.17) is 0 Å². The SMILES string of the molecule is O=C1NC[C@H](C(=O)N[C@@H](c2ccccc2)C2CC2)N1. The van der Waals surface area contributed by atoms with Crippen molar-refractivity contribution in [2.75, 3.05) is 6.54 Å². The van der Waals surface area contributed by atoms with E-state index < -0.39 is 6.04 Å². The van der Waals surface area contributed by atoms with Crippen molar-refractivity contribution >= 4 is 11.9 Å². The van der Waals surface area contributed by atoms with Gasteiger partial charge in [0, 0.05) is 6.54 Å². The maximum atomic E-state index is 12.1. The van der Waals surface area contributed by atoms with Gasteiger partial charge in [0.05, 0.1) is 6.04 Å². The Morgan fingerprint density at radius 3 is 2.58 bits per heavy atom. The second-order valence-electron chi connectivity index (χ2n) is 5.14. The monoisotopic (exact) mass is 259 g/mol. The van der Waals surface area contributed by atoms with Crippen molar-refractivity contribution in [2.45, 2.75) is 24.9 Å². The Kier molecular flexibility index (Phi) is 3.11. The summed E-state index contributed by atoms with van der Waals surface area (Å²) in [5.41, 5.74) is 1.13. The second-order valence-corrected chi connectivity index (χ2v) is 5.14. The Hall–Kier alpha value is -2.04. The lowest BCUT2D eigenvalue weighted by atomic mass is 10.0. The maximum Gasteiger partial charge on any atom is 0.315 e. The summed E-state index contributed by atoms with van der Waals surface area (Å²) in [5.74, 6) is 0.413. The van der Waals surface area contributed by atoms with Gasteiger partial charge in [-0.05, 0) is 24.3 Å². The van der Waals surface area contributed by atoms with E-state index in [1.54, 1.807) is 0 Å². The minimum atomic E-state index is -0.461. The van der Waals surface area contributed by atoms with Crippen LogP contribution in [0.4, 0.5) is 4.79 Å². The van der Waals surface area contributed by atoms with Crippen molar-refractivity contribution in [1.82, 2.24) is 16.0 Å². The summed E-state index contributed by atoms with van der Waals surface area (Å²) in [6.45, 7) is 0.358. The maximum absolute atomic E-state index is 12.1. The third-order valence-electron chi connectivity index (χ3n) is 3.64. The number of hydrogen-bond donors (Lipinski definition) is 3. The smallest absolute Gasteiger partial charge is 0.315 e. The molecule has 3 N–H and O–H groups in total. The first kappa shape index (κ1) is 12.0. The first-order chi connectivity index (χ1) is 9.24. The zero-order valence-electron chi connectivity index (χ0n) is 10.6. The van der Waals surface area contributed by atoms with Gasteiger partial charge in [-0.25, -0.2) is 4.79 Å². The molecular weight excluding hydrogens is 242 g/mol. The zero-order chi connectivity index (χ0) is 13.2. The van der Waals surface area contributed by atoms with Gasteiger partial charge in [0.15, 0.2) is 0 Å². The van der Waals surface area contributed by atoms with Gasteiger partial charge < -0.3 is 16.0 Å². The van der Waals surface area contributed by atoms with Gasteiger partial charge in [-0.15, -0.1) is 0 Å². The van der Waals surface area contributed by atoms with E-state index in [0.717, 1.165) is 18.4 Å². The highest BCUT2D eigenvalue weighted by Gasteiger charge is 2.35. The molecule has 0 bridgehead atoms. The first-order valence-corrected chi connectivity index (χ1v) is 6.64. The van der Waals surface area contributed by atoms with E-state index in [0.29, 0.717) is 12.5 Å². The van der Waals surface area contributed by atoms with Crippen LogP contribution in [-0.2, 0) is 4.79 Å². The molecule has 1 aromatic carbocycles. The Bertz CT molecular complexity index is 485. The van der Waals surface area contributed by atoms with Crippen LogP contribution in [-0.4, -0.2) is 24.5 Å². The molecule has 5 heteroatoms. The largest absolute Gasteiger partial charge is 0.347 e. The highest BCUT2D eigenvalue weighted by atomic mass is 16.2. The lowest BCUT2D eigenvalue weighted by molar-refractivity contribution is -0.123. The Balaban J connectivity index is 1.68.